The molecule has 2 aromatic heterocycles. The average molecular weight is 353 g/mol. The Hall–Kier alpha value is -2.12. The van der Waals surface area contributed by atoms with E-state index in [0.29, 0.717) is 36.8 Å². The number of hydrogen-bond acceptors (Lipinski definition) is 4. The highest BCUT2D eigenvalue weighted by Crippen LogP contribution is 2.33. The molecule has 0 aromatic carbocycles. The number of aromatic nitrogens is 4. The van der Waals surface area contributed by atoms with Gasteiger partial charge in [0.15, 0.2) is 5.69 Å². The summed E-state index contributed by atoms with van der Waals surface area (Å²) in [5.74, 6) is 0.729. The Labute approximate surface area is 144 Å². The van der Waals surface area contributed by atoms with E-state index in [1.54, 1.807) is 17.8 Å². The molecule has 0 N–H and O–H groups in total. The van der Waals surface area contributed by atoms with Gasteiger partial charge in [-0.05, 0) is 38.7 Å². The van der Waals surface area contributed by atoms with E-state index in [0.717, 1.165) is 18.9 Å². The van der Waals surface area contributed by atoms with Crippen LogP contribution in [0.5, 0.6) is 0 Å². The van der Waals surface area contributed by atoms with Crippen LogP contribution in [0.2, 0.25) is 0 Å². The fraction of sp³-hybridized carbons (Fsp3) is 0.588. The maximum Gasteiger partial charge on any atom is 0.433 e. The number of piperidine rings is 1. The number of anilines is 1. The predicted molar refractivity (Wildman–Crippen MR) is 89.3 cm³/mol. The highest BCUT2D eigenvalue weighted by molar-refractivity contribution is 5.63. The first-order chi connectivity index (χ1) is 11.8. The van der Waals surface area contributed by atoms with Gasteiger partial charge in [-0.25, -0.2) is 9.97 Å². The molecular weight excluding hydrogens is 331 g/mol. The minimum atomic E-state index is -4.51. The third-order valence-electron chi connectivity index (χ3n) is 4.62. The van der Waals surface area contributed by atoms with Gasteiger partial charge in [-0.3, -0.25) is 4.68 Å². The number of hydrogen-bond donors (Lipinski definition) is 0. The molecule has 5 nitrogen and oxygen atoms in total. The number of alkyl halides is 3. The van der Waals surface area contributed by atoms with Gasteiger partial charge >= 0.3 is 6.18 Å². The van der Waals surface area contributed by atoms with Crippen LogP contribution >= 0.6 is 0 Å². The lowest BCUT2D eigenvalue weighted by molar-refractivity contribution is -0.141. The molecule has 136 valence electrons. The van der Waals surface area contributed by atoms with Crippen LogP contribution in [-0.4, -0.2) is 32.8 Å². The van der Waals surface area contributed by atoms with Crippen molar-refractivity contribution < 1.29 is 13.2 Å². The van der Waals surface area contributed by atoms with Crippen LogP contribution in [0, 0.1) is 12.8 Å². The van der Waals surface area contributed by atoms with Gasteiger partial charge in [-0.2, -0.15) is 18.3 Å². The van der Waals surface area contributed by atoms with E-state index < -0.39 is 11.9 Å². The number of rotatable bonds is 3. The normalized spacial score (nSPS) is 16.5. The second-order valence-electron chi connectivity index (χ2n) is 6.59. The van der Waals surface area contributed by atoms with Crippen molar-refractivity contribution in [1.29, 1.82) is 0 Å². The van der Waals surface area contributed by atoms with Crippen molar-refractivity contribution in [3.8, 4) is 11.3 Å². The van der Waals surface area contributed by atoms with E-state index in [4.69, 9.17) is 0 Å². The standard InChI is InChI=1S/C17H22F3N5/c1-4-25-10-13(12(3)23-25)14-9-15(17(18,19)20)22-16(21-14)24-7-5-11(2)6-8-24/h9-11H,4-8H2,1-3H3. The van der Waals surface area contributed by atoms with Crippen molar-refractivity contribution >= 4 is 5.95 Å². The third kappa shape index (κ3) is 3.77. The highest BCUT2D eigenvalue weighted by atomic mass is 19.4. The molecule has 0 aliphatic carbocycles. The van der Waals surface area contributed by atoms with Gasteiger partial charge in [-0.1, -0.05) is 6.92 Å². The molecular formula is C17H22F3N5. The summed E-state index contributed by atoms with van der Waals surface area (Å²) in [6.45, 7) is 7.86. The van der Waals surface area contributed by atoms with Gasteiger partial charge in [0.05, 0.1) is 11.4 Å². The molecule has 0 spiro atoms. The van der Waals surface area contributed by atoms with Crippen LogP contribution in [0.4, 0.5) is 19.1 Å². The molecule has 1 aliphatic rings. The molecule has 2 aromatic rings. The largest absolute Gasteiger partial charge is 0.433 e. The zero-order valence-corrected chi connectivity index (χ0v) is 14.6. The van der Waals surface area contributed by atoms with E-state index in [1.165, 1.54) is 0 Å². The summed E-state index contributed by atoms with van der Waals surface area (Å²) in [5.41, 5.74) is 0.635. The fourth-order valence-electron chi connectivity index (χ4n) is 3.00. The van der Waals surface area contributed by atoms with Gasteiger partial charge in [-0.15, -0.1) is 0 Å². The van der Waals surface area contributed by atoms with Crippen LogP contribution < -0.4 is 4.90 Å². The smallest absolute Gasteiger partial charge is 0.341 e. The molecule has 0 bridgehead atoms. The maximum absolute atomic E-state index is 13.3. The lowest BCUT2D eigenvalue weighted by Gasteiger charge is -2.30. The highest BCUT2D eigenvalue weighted by Gasteiger charge is 2.35. The minimum Gasteiger partial charge on any atom is -0.341 e. The number of aryl methyl sites for hydroxylation is 2. The van der Waals surface area contributed by atoms with Crippen LogP contribution in [0.1, 0.15) is 38.1 Å². The first-order valence-corrected chi connectivity index (χ1v) is 8.53. The van der Waals surface area contributed by atoms with Crippen molar-refractivity contribution in [3.05, 3.63) is 23.7 Å². The molecule has 3 rings (SSSR count). The van der Waals surface area contributed by atoms with Gasteiger partial charge in [0.25, 0.3) is 0 Å². The summed E-state index contributed by atoms with van der Waals surface area (Å²) in [7, 11) is 0. The Kier molecular flexibility index (Phi) is 4.71. The van der Waals surface area contributed by atoms with Crippen molar-refractivity contribution in [1.82, 2.24) is 19.7 Å². The Balaban J connectivity index is 2.05. The summed E-state index contributed by atoms with van der Waals surface area (Å²) < 4.78 is 41.7. The van der Waals surface area contributed by atoms with E-state index in [9.17, 15) is 13.2 Å². The zero-order valence-electron chi connectivity index (χ0n) is 14.6. The van der Waals surface area contributed by atoms with Crippen LogP contribution in [-0.2, 0) is 12.7 Å². The first-order valence-electron chi connectivity index (χ1n) is 8.53. The Morgan fingerprint density at radius 2 is 1.88 bits per heavy atom. The van der Waals surface area contributed by atoms with E-state index in [1.807, 2.05) is 11.8 Å². The zero-order chi connectivity index (χ0) is 18.2. The summed E-state index contributed by atoms with van der Waals surface area (Å²) in [6, 6.07) is 1.01. The average Bonchev–Trinajstić information content (AvgIpc) is 2.95. The van der Waals surface area contributed by atoms with Gasteiger partial charge in [0.2, 0.25) is 5.95 Å². The lowest BCUT2D eigenvalue weighted by atomic mass is 10.00. The predicted octanol–water partition coefficient (Wildman–Crippen LogP) is 3.92. The summed E-state index contributed by atoms with van der Waals surface area (Å²) in [4.78, 5) is 10.1. The Morgan fingerprint density at radius 1 is 1.20 bits per heavy atom. The summed E-state index contributed by atoms with van der Waals surface area (Å²) >= 11 is 0. The van der Waals surface area contributed by atoms with Gasteiger partial charge < -0.3 is 4.90 Å². The Bertz CT molecular complexity index is 745. The molecule has 0 unspecified atom stereocenters. The summed E-state index contributed by atoms with van der Waals surface area (Å²) in [6.07, 6.45) is -0.909. The molecule has 3 heterocycles. The summed E-state index contributed by atoms with van der Waals surface area (Å²) in [5, 5.41) is 4.31. The third-order valence-corrected chi connectivity index (χ3v) is 4.62. The van der Waals surface area contributed by atoms with Crippen molar-refractivity contribution in [3.63, 3.8) is 0 Å². The molecule has 8 heteroatoms. The molecule has 1 saturated heterocycles. The molecule has 25 heavy (non-hydrogen) atoms. The van der Waals surface area contributed by atoms with Crippen LogP contribution in [0.25, 0.3) is 11.3 Å². The second-order valence-corrected chi connectivity index (χ2v) is 6.59. The second kappa shape index (κ2) is 6.65. The topological polar surface area (TPSA) is 46.8 Å². The van der Waals surface area contributed by atoms with Crippen molar-refractivity contribution in [2.45, 2.75) is 46.3 Å². The molecule has 0 amide bonds. The van der Waals surface area contributed by atoms with Gasteiger partial charge in [0.1, 0.15) is 0 Å². The van der Waals surface area contributed by atoms with Crippen molar-refractivity contribution in [2.75, 3.05) is 18.0 Å². The maximum atomic E-state index is 13.3. The lowest BCUT2D eigenvalue weighted by Crippen LogP contribution is -2.34. The fourth-order valence-corrected chi connectivity index (χ4v) is 3.00. The molecule has 0 saturated carbocycles. The first kappa shape index (κ1) is 17.7. The number of halogens is 3. The van der Waals surface area contributed by atoms with Crippen LogP contribution in [0.15, 0.2) is 12.3 Å². The van der Waals surface area contributed by atoms with E-state index in [-0.39, 0.29) is 11.6 Å². The van der Waals surface area contributed by atoms with Crippen LogP contribution in [0.3, 0.4) is 0 Å². The molecule has 0 atom stereocenters. The van der Waals surface area contributed by atoms with E-state index >= 15 is 0 Å². The van der Waals surface area contributed by atoms with E-state index in [2.05, 4.69) is 22.0 Å². The molecule has 1 aliphatic heterocycles. The minimum absolute atomic E-state index is 0.153. The Morgan fingerprint density at radius 3 is 2.44 bits per heavy atom. The quantitative estimate of drug-likeness (QED) is 0.839. The number of nitrogens with zero attached hydrogens (tertiary/aromatic N) is 5. The van der Waals surface area contributed by atoms with Gasteiger partial charge in [0, 0.05) is 31.4 Å². The monoisotopic (exact) mass is 353 g/mol. The molecule has 1 fully saturated rings. The SMILES string of the molecule is CCn1cc(-c2cc(C(F)(F)F)nc(N3CCC(C)CC3)n2)c(C)n1. The van der Waals surface area contributed by atoms with Crippen molar-refractivity contribution in [2.24, 2.45) is 5.92 Å². The molecule has 0 radical (unpaired) electrons.